The molecule has 0 aliphatic rings. The van der Waals surface area contributed by atoms with Crippen LogP contribution in [0, 0.1) is 0 Å². The predicted octanol–water partition coefficient (Wildman–Crippen LogP) is 5.19. The molecule has 0 aliphatic heterocycles. The minimum atomic E-state index is -4.41. The topological polar surface area (TPSA) is 30.0 Å². The lowest BCUT2D eigenvalue weighted by molar-refractivity contribution is -0.137. The molecule has 0 atom stereocenters. The maximum atomic E-state index is 12.6. The maximum absolute atomic E-state index is 12.6. The smallest absolute Gasteiger partial charge is 0.294 e. The number of nitrogens with zero attached hydrogens (tertiary/aromatic N) is 1. The molecule has 0 saturated heterocycles. The van der Waals surface area contributed by atoms with Gasteiger partial charge in [-0.3, -0.25) is 9.78 Å². The van der Waals surface area contributed by atoms with E-state index in [0.29, 0.717) is 0 Å². The molecule has 3 aromatic rings. The zero-order valence-corrected chi connectivity index (χ0v) is 13.1. The lowest BCUT2D eigenvalue weighted by Crippen LogP contribution is -2.08. The molecule has 0 N–H and O–H groups in total. The molecule has 25 heavy (non-hydrogen) atoms. The van der Waals surface area contributed by atoms with Gasteiger partial charge in [-0.15, -0.1) is 0 Å². The second-order valence-corrected chi connectivity index (χ2v) is 5.55. The maximum Gasteiger partial charge on any atom is 0.416 e. The summed E-state index contributed by atoms with van der Waals surface area (Å²) in [6, 6.07) is 17.2. The van der Waals surface area contributed by atoms with Crippen molar-refractivity contribution < 1.29 is 18.0 Å². The van der Waals surface area contributed by atoms with Crippen LogP contribution in [0.3, 0.4) is 0 Å². The number of pyridine rings is 1. The van der Waals surface area contributed by atoms with Gasteiger partial charge in [0.05, 0.1) is 11.3 Å². The molecule has 0 radical (unpaired) electrons. The number of hydrogen-bond acceptors (Lipinski definition) is 2. The van der Waals surface area contributed by atoms with Gasteiger partial charge in [0.1, 0.15) is 0 Å². The highest BCUT2D eigenvalue weighted by Crippen LogP contribution is 2.29. The molecule has 0 amide bonds. The van der Waals surface area contributed by atoms with Crippen LogP contribution in [-0.2, 0) is 12.6 Å². The summed E-state index contributed by atoms with van der Waals surface area (Å²) in [6.45, 7) is 0. The normalized spacial score (nSPS) is 11.3. The Morgan fingerprint density at radius 2 is 1.56 bits per heavy atom. The number of aromatic nitrogens is 1. The van der Waals surface area contributed by atoms with Crippen molar-refractivity contribution in [2.75, 3.05) is 0 Å². The summed E-state index contributed by atoms with van der Waals surface area (Å²) in [4.78, 5) is 16.7. The van der Waals surface area contributed by atoms with Gasteiger partial charge in [0.15, 0.2) is 5.78 Å². The number of alkyl halides is 3. The van der Waals surface area contributed by atoms with Gasteiger partial charge in [-0.25, -0.2) is 0 Å². The summed E-state index contributed by atoms with van der Waals surface area (Å²) in [5.74, 6) is -0.239. The highest BCUT2D eigenvalue weighted by molar-refractivity contribution is 5.98. The largest absolute Gasteiger partial charge is 0.416 e. The Kier molecular flexibility index (Phi) is 4.65. The number of benzene rings is 2. The molecule has 0 saturated carbocycles. The van der Waals surface area contributed by atoms with Gasteiger partial charge in [0.2, 0.25) is 0 Å². The number of Topliss-reactive ketones (excluding diaryl/α,β-unsaturated/α-hetero) is 1. The molecular formula is C20H14F3NO. The molecule has 1 aromatic heterocycles. The molecule has 0 bridgehead atoms. The number of ketones is 1. The summed E-state index contributed by atoms with van der Waals surface area (Å²) in [7, 11) is 0. The summed E-state index contributed by atoms with van der Waals surface area (Å²) in [6.07, 6.45) is -2.64. The van der Waals surface area contributed by atoms with Crippen LogP contribution in [-0.4, -0.2) is 10.8 Å². The van der Waals surface area contributed by atoms with Crippen LogP contribution in [0.15, 0.2) is 72.9 Å². The SMILES string of the molecule is O=C(Cc1ccccc1-c1ccccn1)c1ccc(C(F)(F)F)cc1. The van der Waals surface area contributed by atoms with E-state index in [4.69, 9.17) is 0 Å². The van der Waals surface area contributed by atoms with Crippen molar-refractivity contribution in [1.82, 2.24) is 4.98 Å². The number of halogens is 3. The molecule has 0 spiro atoms. The van der Waals surface area contributed by atoms with Crippen molar-refractivity contribution in [3.8, 4) is 11.3 Å². The van der Waals surface area contributed by atoms with Gasteiger partial charge in [-0.05, 0) is 29.8 Å². The minimum Gasteiger partial charge on any atom is -0.294 e. The van der Waals surface area contributed by atoms with Crippen LogP contribution < -0.4 is 0 Å². The lowest BCUT2D eigenvalue weighted by Gasteiger charge is -2.10. The van der Waals surface area contributed by atoms with Crippen molar-refractivity contribution >= 4 is 5.78 Å². The number of rotatable bonds is 4. The van der Waals surface area contributed by atoms with E-state index in [2.05, 4.69) is 4.98 Å². The predicted molar refractivity (Wildman–Crippen MR) is 89.2 cm³/mol. The van der Waals surface area contributed by atoms with E-state index in [1.807, 2.05) is 36.4 Å². The zero-order valence-electron chi connectivity index (χ0n) is 13.1. The van der Waals surface area contributed by atoms with Gasteiger partial charge < -0.3 is 0 Å². The second kappa shape index (κ2) is 6.89. The molecule has 0 fully saturated rings. The Balaban J connectivity index is 1.85. The van der Waals surface area contributed by atoms with Crippen LogP contribution in [0.25, 0.3) is 11.3 Å². The summed E-state index contributed by atoms with van der Waals surface area (Å²) < 4.78 is 37.8. The Labute approximate surface area is 143 Å². The van der Waals surface area contributed by atoms with Crippen molar-refractivity contribution in [3.63, 3.8) is 0 Å². The summed E-state index contributed by atoms with van der Waals surface area (Å²) in [5.41, 5.74) is 1.86. The Hall–Kier alpha value is -2.95. The summed E-state index contributed by atoms with van der Waals surface area (Å²) in [5, 5.41) is 0. The molecule has 0 unspecified atom stereocenters. The van der Waals surface area contributed by atoms with Gasteiger partial charge in [0, 0.05) is 23.7 Å². The highest BCUT2D eigenvalue weighted by Gasteiger charge is 2.30. The van der Waals surface area contributed by atoms with E-state index in [0.717, 1.165) is 29.0 Å². The van der Waals surface area contributed by atoms with E-state index in [9.17, 15) is 18.0 Å². The molecule has 3 rings (SSSR count). The number of hydrogen-bond donors (Lipinski definition) is 0. The van der Waals surface area contributed by atoms with Gasteiger partial charge >= 0.3 is 6.18 Å². The Morgan fingerprint density at radius 1 is 0.880 bits per heavy atom. The number of carbonyl (C=O) groups is 1. The average molecular weight is 341 g/mol. The molecule has 2 aromatic carbocycles. The average Bonchev–Trinajstić information content (AvgIpc) is 2.62. The fourth-order valence-corrected chi connectivity index (χ4v) is 2.57. The first-order valence-electron chi connectivity index (χ1n) is 7.65. The first kappa shape index (κ1) is 16.9. The van der Waals surface area contributed by atoms with E-state index in [1.54, 1.807) is 12.3 Å². The molecule has 126 valence electrons. The van der Waals surface area contributed by atoms with Crippen LogP contribution in [0.5, 0.6) is 0 Å². The van der Waals surface area contributed by atoms with Gasteiger partial charge in [-0.1, -0.05) is 42.5 Å². The van der Waals surface area contributed by atoms with E-state index in [-0.39, 0.29) is 17.8 Å². The molecule has 1 heterocycles. The highest BCUT2D eigenvalue weighted by atomic mass is 19.4. The van der Waals surface area contributed by atoms with Crippen molar-refractivity contribution in [1.29, 1.82) is 0 Å². The molecular weight excluding hydrogens is 327 g/mol. The van der Waals surface area contributed by atoms with E-state index >= 15 is 0 Å². The first-order chi connectivity index (χ1) is 11.9. The fourth-order valence-electron chi connectivity index (χ4n) is 2.57. The van der Waals surface area contributed by atoms with Crippen LogP contribution in [0.1, 0.15) is 21.5 Å². The lowest BCUT2D eigenvalue weighted by atomic mass is 9.96. The van der Waals surface area contributed by atoms with E-state index in [1.165, 1.54) is 12.1 Å². The van der Waals surface area contributed by atoms with Crippen molar-refractivity contribution in [2.45, 2.75) is 12.6 Å². The third kappa shape index (κ3) is 3.94. The van der Waals surface area contributed by atoms with Gasteiger partial charge in [0.25, 0.3) is 0 Å². The minimum absolute atomic E-state index is 0.0953. The monoisotopic (exact) mass is 341 g/mol. The van der Waals surface area contributed by atoms with Crippen molar-refractivity contribution in [3.05, 3.63) is 89.6 Å². The van der Waals surface area contributed by atoms with Crippen LogP contribution >= 0.6 is 0 Å². The third-order valence-electron chi connectivity index (χ3n) is 3.84. The second-order valence-electron chi connectivity index (χ2n) is 5.55. The molecule has 0 aliphatic carbocycles. The standard InChI is InChI=1S/C20H14F3NO/c21-20(22,23)16-10-8-14(9-11-16)19(25)13-15-5-1-2-6-17(15)18-7-3-4-12-24-18/h1-12H,13H2. The van der Waals surface area contributed by atoms with Crippen LogP contribution in [0.4, 0.5) is 13.2 Å². The summed E-state index contributed by atoms with van der Waals surface area (Å²) >= 11 is 0. The first-order valence-corrected chi connectivity index (χ1v) is 7.65. The van der Waals surface area contributed by atoms with Crippen molar-refractivity contribution in [2.24, 2.45) is 0 Å². The Morgan fingerprint density at radius 3 is 2.20 bits per heavy atom. The quantitative estimate of drug-likeness (QED) is 0.611. The van der Waals surface area contributed by atoms with Crippen LogP contribution in [0.2, 0.25) is 0 Å². The number of carbonyl (C=O) groups excluding carboxylic acids is 1. The fraction of sp³-hybridized carbons (Fsp3) is 0.100. The third-order valence-corrected chi connectivity index (χ3v) is 3.84. The van der Waals surface area contributed by atoms with E-state index < -0.39 is 11.7 Å². The van der Waals surface area contributed by atoms with Gasteiger partial charge in [-0.2, -0.15) is 13.2 Å². The Bertz CT molecular complexity index is 871. The zero-order chi connectivity index (χ0) is 17.9. The molecule has 5 heteroatoms. The molecule has 2 nitrogen and oxygen atoms in total.